The van der Waals surface area contributed by atoms with Crippen molar-refractivity contribution in [3.8, 4) is 0 Å². The Morgan fingerprint density at radius 1 is 1.67 bits per heavy atom. The molecule has 2 heterocycles. The molecule has 2 N–H and O–H groups in total. The third kappa shape index (κ3) is 2.58. The number of hydrogen-bond acceptors (Lipinski definition) is 4. The van der Waals surface area contributed by atoms with Crippen LogP contribution in [0.15, 0.2) is 16.8 Å². The maximum Gasteiger partial charge on any atom is 0.150 e. The lowest BCUT2D eigenvalue weighted by atomic mass is 9.91. The van der Waals surface area contributed by atoms with Crippen molar-refractivity contribution in [2.45, 2.75) is 32.4 Å². The molecule has 2 atom stereocenters. The lowest BCUT2D eigenvalue weighted by Crippen LogP contribution is -2.46. The minimum Gasteiger partial charge on any atom is -0.360 e. The summed E-state index contributed by atoms with van der Waals surface area (Å²) < 4.78 is 5.11. The highest BCUT2D eigenvalue weighted by atomic mass is 16.5. The van der Waals surface area contributed by atoms with E-state index < -0.39 is 0 Å². The van der Waals surface area contributed by atoms with Gasteiger partial charge in [0.1, 0.15) is 0 Å². The van der Waals surface area contributed by atoms with Gasteiger partial charge in [-0.15, -0.1) is 0 Å². The summed E-state index contributed by atoms with van der Waals surface area (Å²) in [6.07, 6.45) is 3.95. The van der Waals surface area contributed by atoms with Gasteiger partial charge in [0.2, 0.25) is 0 Å². The number of nitrogens with zero attached hydrogens (tertiary/aromatic N) is 2. The number of nitrogens with two attached hydrogens (primary N) is 1. The zero-order valence-electron chi connectivity index (χ0n) is 9.22. The van der Waals surface area contributed by atoms with Crippen molar-refractivity contribution in [2.24, 2.45) is 11.7 Å². The molecule has 1 aliphatic heterocycles. The third-order valence-electron chi connectivity index (χ3n) is 3.27. The first kappa shape index (κ1) is 10.6. The monoisotopic (exact) mass is 209 g/mol. The Kier molecular flexibility index (Phi) is 3.38. The maximum atomic E-state index is 6.06. The number of likely N-dealkylation sites (tertiary alicyclic amines) is 1. The lowest BCUT2D eigenvalue weighted by molar-refractivity contribution is 0.133. The first-order valence-electron chi connectivity index (χ1n) is 5.67. The van der Waals surface area contributed by atoms with Gasteiger partial charge in [-0.3, -0.25) is 4.90 Å². The summed E-state index contributed by atoms with van der Waals surface area (Å²) in [6.45, 7) is 5.22. The summed E-state index contributed by atoms with van der Waals surface area (Å²) in [5.41, 5.74) is 6.06. The average molecular weight is 209 g/mol. The van der Waals surface area contributed by atoms with Crippen LogP contribution in [0.5, 0.6) is 0 Å². The number of hydrogen-bond donors (Lipinski definition) is 1. The van der Waals surface area contributed by atoms with Crippen LogP contribution in [0.1, 0.15) is 25.5 Å². The van der Waals surface area contributed by atoms with Crippen molar-refractivity contribution in [3.63, 3.8) is 0 Å². The second-order valence-corrected chi connectivity index (χ2v) is 4.33. The average Bonchev–Trinajstić information content (AvgIpc) is 2.73. The van der Waals surface area contributed by atoms with Gasteiger partial charge < -0.3 is 10.3 Å². The molecule has 0 spiro atoms. The molecule has 1 aromatic rings. The molecular formula is C11H19N3O. The summed E-state index contributed by atoms with van der Waals surface area (Å²) in [5.74, 6) is 1.57. The highest BCUT2D eigenvalue weighted by molar-refractivity contribution is 4.94. The van der Waals surface area contributed by atoms with Crippen molar-refractivity contribution in [3.05, 3.63) is 18.0 Å². The molecule has 0 bridgehead atoms. The standard InChI is InChI=1S/C11H19N3O/c1-2-9-7-14(6-4-11(9)12)8-10-3-5-13-15-10/h3,5,9,11H,2,4,6-8,12H2,1H3. The summed E-state index contributed by atoms with van der Waals surface area (Å²) in [6, 6.07) is 2.30. The largest absolute Gasteiger partial charge is 0.360 e. The Balaban J connectivity index is 1.89. The van der Waals surface area contributed by atoms with E-state index in [9.17, 15) is 0 Å². The third-order valence-corrected chi connectivity index (χ3v) is 3.27. The van der Waals surface area contributed by atoms with Gasteiger partial charge in [-0.05, 0) is 12.3 Å². The smallest absolute Gasteiger partial charge is 0.150 e. The summed E-state index contributed by atoms with van der Waals surface area (Å²) in [5, 5.41) is 3.72. The van der Waals surface area contributed by atoms with E-state index in [4.69, 9.17) is 10.3 Å². The quantitative estimate of drug-likeness (QED) is 0.813. The summed E-state index contributed by atoms with van der Waals surface area (Å²) in [4.78, 5) is 2.40. The van der Waals surface area contributed by atoms with E-state index in [-0.39, 0.29) is 0 Å². The normalized spacial score (nSPS) is 28.1. The van der Waals surface area contributed by atoms with Gasteiger partial charge in [-0.25, -0.2) is 0 Å². The van der Waals surface area contributed by atoms with Gasteiger partial charge >= 0.3 is 0 Å². The second kappa shape index (κ2) is 4.77. The Morgan fingerprint density at radius 3 is 3.20 bits per heavy atom. The highest BCUT2D eigenvalue weighted by Crippen LogP contribution is 2.19. The molecule has 2 rings (SSSR count). The Morgan fingerprint density at radius 2 is 2.53 bits per heavy atom. The summed E-state index contributed by atoms with van der Waals surface area (Å²) in [7, 11) is 0. The van der Waals surface area contributed by atoms with E-state index in [0.29, 0.717) is 12.0 Å². The fraction of sp³-hybridized carbons (Fsp3) is 0.727. The topological polar surface area (TPSA) is 55.3 Å². The molecule has 0 saturated carbocycles. The predicted molar refractivity (Wildman–Crippen MR) is 58.2 cm³/mol. The van der Waals surface area contributed by atoms with Gasteiger partial charge in [-0.2, -0.15) is 0 Å². The fourth-order valence-corrected chi connectivity index (χ4v) is 2.25. The van der Waals surface area contributed by atoms with Crippen LogP contribution in [0.25, 0.3) is 0 Å². The maximum absolute atomic E-state index is 6.06. The molecule has 0 aromatic carbocycles. The lowest BCUT2D eigenvalue weighted by Gasteiger charge is -2.35. The molecule has 4 heteroatoms. The fourth-order valence-electron chi connectivity index (χ4n) is 2.25. The van der Waals surface area contributed by atoms with Crippen LogP contribution in [0.2, 0.25) is 0 Å². The van der Waals surface area contributed by atoms with E-state index in [1.54, 1.807) is 6.20 Å². The van der Waals surface area contributed by atoms with Crippen LogP contribution in [0, 0.1) is 5.92 Å². The molecular weight excluding hydrogens is 190 g/mol. The number of rotatable bonds is 3. The van der Waals surface area contributed by atoms with Crippen molar-refractivity contribution in [2.75, 3.05) is 13.1 Å². The Hall–Kier alpha value is -0.870. The molecule has 0 radical (unpaired) electrons. The molecule has 1 saturated heterocycles. The molecule has 1 aliphatic rings. The number of aromatic nitrogens is 1. The molecule has 84 valence electrons. The van der Waals surface area contributed by atoms with Crippen LogP contribution in [0.3, 0.4) is 0 Å². The van der Waals surface area contributed by atoms with Gasteiger partial charge in [0, 0.05) is 25.2 Å². The van der Waals surface area contributed by atoms with Gasteiger partial charge in [-0.1, -0.05) is 18.5 Å². The molecule has 0 aliphatic carbocycles. The SMILES string of the molecule is CCC1CN(Cc2ccno2)CCC1N. The van der Waals surface area contributed by atoms with Crippen LogP contribution >= 0.6 is 0 Å². The number of piperidine rings is 1. The molecule has 4 nitrogen and oxygen atoms in total. The predicted octanol–water partition coefficient (Wildman–Crippen LogP) is 1.23. The van der Waals surface area contributed by atoms with Gasteiger partial charge in [0.25, 0.3) is 0 Å². The van der Waals surface area contributed by atoms with Crippen molar-refractivity contribution >= 4 is 0 Å². The van der Waals surface area contributed by atoms with E-state index >= 15 is 0 Å². The molecule has 1 aromatic heterocycles. The van der Waals surface area contributed by atoms with Crippen LogP contribution < -0.4 is 5.73 Å². The summed E-state index contributed by atoms with van der Waals surface area (Å²) >= 11 is 0. The van der Waals surface area contributed by atoms with E-state index in [2.05, 4.69) is 17.0 Å². The first-order valence-corrected chi connectivity index (χ1v) is 5.67. The zero-order chi connectivity index (χ0) is 10.7. The van der Waals surface area contributed by atoms with Crippen LogP contribution in [0.4, 0.5) is 0 Å². The van der Waals surface area contributed by atoms with Crippen molar-refractivity contribution in [1.29, 1.82) is 0 Å². The molecule has 15 heavy (non-hydrogen) atoms. The van der Waals surface area contributed by atoms with E-state index in [1.165, 1.54) is 0 Å². The zero-order valence-corrected chi connectivity index (χ0v) is 9.22. The van der Waals surface area contributed by atoms with Crippen LogP contribution in [-0.4, -0.2) is 29.2 Å². The van der Waals surface area contributed by atoms with E-state index in [1.807, 2.05) is 6.07 Å². The van der Waals surface area contributed by atoms with E-state index in [0.717, 1.165) is 38.2 Å². The minimum atomic E-state index is 0.376. The molecule has 0 amide bonds. The van der Waals surface area contributed by atoms with Crippen LogP contribution in [-0.2, 0) is 6.54 Å². The molecule has 1 fully saturated rings. The molecule has 2 unspecified atom stereocenters. The Labute approximate surface area is 90.4 Å². The van der Waals surface area contributed by atoms with Gasteiger partial charge in [0.15, 0.2) is 5.76 Å². The highest BCUT2D eigenvalue weighted by Gasteiger charge is 2.25. The van der Waals surface area contributed by atoms with Crippen molar-refractivity contribution in [1.82, 2.24) is 10.1 Å². The first-order chi connectivity index (χ1) is 7.29. The van der Waals surface area contributed by atoms with Gasteiger partial charge in [0.05, 0.1) is 12.7 Å². The minimum absolute atomic E-state index is 0.376. The Bertz CT molecular complexity index is 286. The second-order valence-electron chi connectivity index (χ2n) is 4.33. The van der Waals surface area contributed by atoms with Crippen molar-refractivity contribution < 1.29 is 4.52 Å².